The molecule has 3 aromatic rings. The molecule has 0 aliphatic heterocycles. The second-order valence-electron chi connectivity index (χ2n) is 6.17. The first-order valence-corrected chi connectivity index (χ1v) is 8.65. The summed E-state index contributed by atoms with van der Waals surface area (Å²) in [6.45, 7) is 0. The molecule has 0 radical (unpaired) electrons. The summed E-state index contributed by atoms with van der Waals surface area (Å²) in [4.78, 5) is 29.0. The van der Waals surface area contributed by atoms with Crippen molar-refractivity contribution in [1.82, 2.24) is 25.1 Å². The molecule has 0 spiro atoms. The van der Waals surface area contributed by atoms with Gasteiger partial charge in [-0.3, -0.25) is 15.1 Å². The van der Waals surface area contributed by atoms with Crippen molar-refractivity contribution in [3.8, 4) is 11.4 Å². The minimum atomic E-state index is -0.114. The molecule has 0 aromatic carbocycles. The van der Waals surface area contributed by atoms with Crippen molar-refractivity contribution >= 4 is 11.9 Å². The average molecular weight is 350 g/mol. The highest BCUT2D eigenvalue weighted by molar-refractivity contribution is 5.88. The lowest BCUT2D eigenvalue weighted by molar-refractivity contribution is -0.116. The number of aryl methyl sites for hydroxylation is 3. The fourth-order valence-electron chi connectivity index (χ4n) is 2.94. The van der Waals surface area contributed by atoms with Crippen LogP contribution in [0, 0.1) is 0 Å². The molecule has 1 aliphatic rings. The van der Waals surface area contributed by atoms with E-state index in [2.05, 4.69) is 30.4 Å². The smallest absolute Gasteiger partial charge is 0.229 e. The Morgan fingerprint density at radius 3 is 2.96 bits per heavy atom. The summed E-state index contributed by atoms with van der Waals surface area (Å²) in [7, 11) is 0. The minimum Gasteiger partial charge on any atom is -0.339 e. The van der Waals surface area contributed by atoms with Gasteiger partial charge < -0.3 is 4.52 Å². The summed E-state index contributed by atoms with van der Waals surface area (Å²) < 4.78 is 5.23. The zero-order valence-corrected chi connectivity index (χ0v) is 14.2. The van der Waals surface area contributed by atoms with E-state index in [0.717, 1.165) is 30.5 Å². The lowest BCUT2D eigenvalue weighted by Gasteiger charge is -2.04. The number of pyridine rings is 1. The summed E-state index contributed by atoms with van der Waals surface area (Å²) in [5.41, 5.74) is 3.08. The van der Waals surface area contributed by atoms with Crippen molar-refractivity contribution in [3.05, 3.63) is 47.9 Å². The molecule has 1 N–H and O–H groups in total. The van der Waals surface area contributed by atoms with Crippen LogP contribution in [0.1, 0.15) is 36.4 Å². The molecule has 1 aliphatic carbocycles. The van der Waals surface area contributed by atoms with E-state index in [1.807, 2.05) is 18.3 Å². The highest BCUT2D eigenvalue weighted by Gasteiger charge is 2.15. The van der Waals surface area contributed by atoms with Crippen LogP contribution in [0.3, 0.4) is 0 Å². The van der Waals surface area contributed by atoms with Gasteiger partial charge in [0.1, 0.15) is 0 Å². The van der Waals surface area contributed by atoms with E-state index in [4.69, 9.17) is 4.52 Å². The Bertz CT molecular complexity index is 909. The van der Waals surface area contributed by atoms with Crippen molar-refractivity contribution in [3.63, 3.8) is 0 Å². The van der Waals surface area contributed by atoms with Gasteiger partial charge in [0.15, 0.2) is 0 Å². The molecule has 8 nitrogen and oxygen atoms in total. The predicted octanol–water partition coefficient (Wildman–Crippen LogP) is 2.37. The van der Waals surface area contributed by atoms with Crippen LogP contribution in [0.15, 0.2) is 35.2 Å². The molecular formula is C18H18N6O2. The van der Waals surface area contributed by atoms with Gasteiger partial charge in [-0.25, -0.2) is 9.97 Å². The van der Waals surface area contributed by atoms with Crippen molar-refractivity contribution in [1.29, 1.82) is 0 Å². The second-order valence-corrected chi connectivity index (χ2v) is 6.17. The third kappa shape index (κ3) is 3.74. The number of carbonyl (C=O) groups is 1. The summed E-state index contributed by atoms with van der Waals surface area (Å²) >= 11 is 0. The van der Waals surface area contributed by atoms with Gasteiger partial charge in [0.25, 0.3) is 0 Å². The minimum absolute atomic E-state index is 0.114. The van der Waals surface area contributed by atoms with Crippen molar-refractivity contribution in [2.24, 2.45) is 0 Å². The van der Waals surface area contributed by atoms with Gasteiger partial charge in [0.05, 0.1) is 0 Å². The van der Waals surface area contributed by atoms with E-state index in [-0.39, 0.29) is 5.91 Å². The highest BCUT2D eigenvalue weighted by atomic mass is 16.5. The molecule has 26 heavy (non-hydrogen) atoms. The van der Waals surface area contributed by atoms with E-state index >= 15 is 0 Å². The number of hydrogen-bond donors (Lipinski definition) is 1. The van der Waals surface area contributed by atoms with E-state index in [1.54, 1.807) is 12.4 Å². The van der Waals surface area contributed by atoms with E-state index in [0.29, 0.717) is 36.9 Å². The molecule has 0 fully saturated rings. The summed E-state index contributed by atoms with van der Waals surface area (Å²) in [6.07, 6.45) is 9.73. The van der Waals surface area contributed by atoms with Crippen LogP contribution in [0.5, 0.6) is 0 Å². The van der Waals surface area contributed by atoms with Gasteiger partial charge in [-0.2, -0.15) is 4.98 Å². The number of aromatic nitrogens is 5. The van der Waals surface area contributed by atoms with Gasteiger partial charge in [0.2, 0.25) is 23.6 Å². The zero-order chi connectivity index (χ0) is 17.8. The van der Waals surface area contributed by atoms with Gasteiger partial charge in [-0.15, -0.1) is 0 Å². The van der Waals surface area contributed by atoms with Crippen LogP contribution in [0.2, 0.25) is 0 Å². The molecule has 4 rings (SSSR count). The van der Waals surface area contributed by atoms with Gasteiger partial charge >= 0.3 is 0 Å². The van der Waals surface area contributed by atoms with Crippen LogP contribution in [-0.2, 0) is 24.1 Å². The molecular weight excluding hydrogens is 332 g/mol. The zero-order valence-electron chi connectivity index (χ0n) is 14.2. The van der Waals surface area contributed by atoms with Crippen LogP contribution in [0.4, 0.5) is 5.95 Å². The predicted molar refractivity (Wildman–Crippen MR) is 93.2 cm³/mol. The van der Waals surface area contributed by atoms with Gasteiger partial charge in [-0.05, 0) is 43.4 Å². The fourth-order valence-corrected chi connectivity index (χ4v) is 2.94. The third-order valence-electron chi connectivity index (χ3n) is 4.27. The molecule has 0 unspecified atom stereocenters. The Morgan fingerprint density at radius 1 is 1.19 bits per heavy atom. The molecule has 0 atom stereocenters. The molecule has 132 valence electrons. The number of nitrogens with zero attached hydrogens (tertiary/aromatic N) is 5. The first kappa shape index (κ1) is 16.3. The Hall–Kier alpha value is -3.16. The number of anilines is 1. The van der Waals surface area contributed by atoms with Gasteiger partial charge in [-0.1, -0.05) is 5.16 Å². The number of hydrogen-bond acceptors (Lipinski definition) is 7. The van der Waals surface area contributed by atoms with Crippen LogP contribution < -0.4 is 5.32 Å². The topological polar surface area (TPSA) is 107 Å². The fraction of sp³-hybridized carbons (Fsp3) is 0.333. The van der Waals surface area contributed by atoms with Crippen molar-refractivity contribution in [2.75, 3.05) is 5.32 Å². The number of nitrogens with one attached hydrogen (secondary N) is 1. The number of carbonyl (C=O) groups excluding carboxylic acids is 1. The SMILES string of the molecule is O=C(CCCc1nc(-c2ccncc2)no1)Nc1ncc2c(n1)CCC2. The standard InChI is InChI=1S/C18H18N6O2/c25-15(22-18-20-11-13-3-1-4-14(13)21-18)5-2-6-16-23-17(24-26-16)12-7-9-19-10-8-12/h7-11H,1-6H2,(H,20,21,22,25). The van der Waals surface area contributed by atoms with Crippen LogP contribution >= 0.6 is 0 Å². The molecule has 0 saturated carbocycles. The van der Waals surface area contributed by atoms with Gasteiger partial charge in [0, 0.05) is 42.7 Å². The van der Waals surface area contributed by atoms with Crippen molar-refractivity contribution < 1.29 is 9.32 Å². The molecule has 1 amide bonds. The normalized spacial score (nSPS) is 12.8. The summed E-state index contributed by atoms with van der Waals surface area (Å²) in [5, 5.41) is 6.70. The number of rotatable bonds is 6. The van der Waals surface area contributed by atoms with Crippen molar-refractivity contribution in [2.45, 2.75) is 38.5 Å². The Balaban J connectivity index is 1.27. The van der Waals surface area contributed by atoms with E-state index < -0.39 is 0 Å². The average Bonchev–Trinajstić information content (AvgIpc) is 3.31. The first-order valence-electron chi connectivity index (χ1n) is 8.65. The number of fused-ring (bicyclic) bond motifs is 1. The lowest BCUT2D eigenvalue weighted by atomic mass is 10.2. The third-order valence-corrected chi connectivity index (χ3v) is 4.27. The summed E-state index contributed by atoms with van der Waals surface area (Å²) in [5.74, 6) is 1.31. The largest absolute Gasteiger partial charge is 0.339 e. The second kappa shape index (κ2) is 7.38. The Kier molecular flexibility index (Phi) is 4.63. The van der Waals surface area contributed by atoms with Crippen LogP contribution in [-0.4, -0.2) is 31.0 Å². The maximum atomic E-state index is 12.1. The molecule has 8 heteroatoms. The maximum absolute atomic E-state index is 12.1. The quantitative estimate of drug-likeness (QED) is 0.727. The number of amides is 1. The summed E-state index contributed by atoms with van der Waals surface area (Å²) in [6, 6.07) is 3.64. The van der Waals surface area contributed by atoms with Crippen LogP contribution in [0.25, 0.3) is 11.4 Å². The van der Waals surface area contributed by atoms with E-state index in [1.165, 1.54) is 5.56 Å². The molecule has 3 heterocycles. The monoisotopic (exact) mass is 350 g/mol. The molecule has 3 aromatic heterocycles. The maximum Gasteiger partial charge on any atom is 0.229 e. The molecule has 0 bridgehead atoms. The lowest BCUT2D eigenvalue weighted by Crippen LogP contribution is -2.14. The Labute approximate surface area is 150 Å². The first-order chi connectivity index (χ1) is 12.8. The Morgan fingerprint density at radius 2 is 2.08 bits per heavy atom. The molecule has 0 saturated heterocycles. The highest BCUT2D eigenvalue weighted by Crippen LogP contribution is 2.20. The van der Waals surface area contributed by atoms with E-state index in [9.17, 15) is 4.79 Å².